The van der Waals surface area contributed by atoms with Crippen LogP contribution < -0.4 is 5.73 Å². The molecule has 0 aliphatic heterocycles. The van der Waals surface area contributed by atoms with Crippen LogP contribution in [0.2, 0.25) is 0 Å². The maximum Gasteiger partial charge on any atom is 0.360 e. The highest BCUT2D eigenvalue weighted by atomic mass is 32.1. The van der Waals surface area contributed by atoms with Gasteiger partial charge >= 0.3 is 5.97 Å². The summed E-state index contributed by atoms with van der Waals surface area (Å²) in [4.78, 5) is 17.3. The minimum atomic E-state index is -0.487. The molecule has 20 heavy (non-hydrogen) atoms. The number of hydrogen-bond acceptors (Lipinski definition) is 5. The molecule has 6 heteroatoms. The first-order valence-electron chi connectivity index (χ1n) is 6.55. The third-order valence-corrected chi connectivity index (χ3v) is 4.13. The molecule has 0 radical (unpaired) electrons. The summed E-state index contributed by atoms with van der Waals surface area (Å²) in [5.74, 6) is 0.712. The number of carbonyl (C=O) groups excluding carboxylic acids is 1. The summed E-state index contributed by atoms with van der Waals surface area (Å²) in [5, 5.41) is 2.06. The first-order valence-corrected chi connectivity index (χ1v) is 7.43. The lowest BCUT2D eigenvalue weighted by Crippen LogP contribution is -2.14. The number of aryl methyl sites for hydroxylation is 1. The highest BCUT2D eigenvalue weighted by Gasteiger charge is 2.23. The molecule has 2 rings (SSSR count). The fourth-order valence-corrected chi connectivity index (χ4v) is 3.12. The van der Waals surface area contributed by atoms with Gasteiger partial charge in [0.25, 0.3) is 0 Å². The Hall–Kier alpha value is -1.82. The molecule has 1 atom stereocenters. The lowest BCUT2D eigenvalue weighted by Gasteiger charge is -2.17. The Balaban J connectivity index is 2.34. The van der Waals surface area contributed by atoms with Gasteiger partial charge in [-0.1, -0.05) is 13.0 Å². The maximum absolute atomic E-state index is 11.7. The van der Waals surface area contributed by atoms with Gasteiger partial charge in [-0.2, -0.15) is 0 Å². The van der Waals surface area contributed by atoms with Gasteiger partial charge in [0.2, 0.25) is 0 Å². The van der Waals surface area contributed by atoms with Crippen molar-refractivity contribution in [3.63, 3.8) is 0 Å². The van der Waals surface area contributed by atoms with Crippen molar-refractivity contribution in [2.24, 2.45) is 0 Å². The zero-order chi connectivity index (χ0) is 14.7. The van der Waals surface area contributed by atoms with Gasteiger partial charge in [0.15, 0.2) is 5.69 Å². The topological polar surface area (TPSA) is 70.1 Å². The number of nitrogens with two attached hydrogens (primary N) is 1. The van der Waals surface area contributed by atoms with E-state index in [2.05, 4.69) is 23.4 Å². The van der Waals surface area contributed by atoms with Gasteiger partial charge < -0.3 is 15.0 Å². The summed E-state index contributed by atoms with van der Waals surface area (Å²) in [6, 6.07) is 4.28. The van der Waals surface area contributed by atoms with E-state index in [1.54, 1.807) is 11.3 Å². The van der Waals surface area contributed by atoms with Gasteiger partial charge in [-0.3, -0.25) is 0 Å². The number of nitrogen functional groups attached to an aromatic ring is 1. The van der Waals surface area contributed by atoms with Crippen LogP contribution in [0.15, 0.2) is 17.5 Å². The Morgan fingerprint density at radius 2 is 2.35 bits per heavy atom. The molecule has 0 aliphatic rings. The molecule has 2 heterocycles. The van der Waals surface area contributed by atoms with Crippen LogP contribution in [0.25, 0.3) is 0 Å². The van der Waals surface area contributed by atoms with Crippen LogP contribution in [-0.4, -0.2) is 22.6 Å². The highest BCUT2D eigenvalue weighted by Crippen LogP contribution is 2.25. The summed E-state index contributed by atoms with van der Waals surface area (Å²) in [6.07, 6.45) is 1.59. The Morgan fingerprint density at radius 3 is 2.90 bits per heavy atom. The molecule has 0 aromatic carbocycles. The van der Waals surface area contributed by atoms with Gasteiger partial charge in [0.1, 0.15) is 11.6 Å². The SMILES string of the molecule is CCc1nc(C(=O)OC)c(N)n1C(C)Cc1cccs1. The smallest absolute Gasteiger partial charge is 0.360 e. The van der Waals surface area contributed by atoms with Gasteiger partial charge in [0.05, 0.1) is 7.11 Å². The number of aromatic nitrogens is 2. The number of ether oxygens (including phenoxy) is 1. The van der Waals surface area contributed by atoms with Crippen molar-refractivity contribution in [3.8, 4) is 0 Å². The molecule has 0 bridgehead atoms. The van der Waals surface area contributed by atoms with E-state index in [9.17, 15) is 4.79 Å². The molecule has 108 valence electrons. The predicted molar refractivity (Wildman–Crippen MR) is 80.1 cm³/mol. The average Bonchev–Trinajstić information content (AvgIpc) is 3.05. The standard InChI is InChI=1S/C14H19N3O2S/c1-4-11-16-12(14(18)19-3)13(15)17(11)9(2)8-10-6-5-7-20-10/h5-7,9H,4,8,15H2,1-3H3. The molecule has 2 N–H and O–H groups in total. The average molecular weight is 293 g/mol. The number of thiophene rings is 1. The number of rotatable bonds is 5. The summed E-state index contributed by atoms with van der Waals surface area (Å²) in [7, 11) is 1.33. The van der Waals surface area contributed by atoms with Crippen molar-refractivity contribution in [2.75, 3.05) is 12.8 Å². The molecule has 5 nitrogen and oxygen atoms in total. The molecule has 2 aromatic heterocycles. The fraction of sp³-hybridized carbons (Fsp3) is 0.429. The Kier molecular flexibility index (Phi) is 4.44. The first kappa shape index (κ1) is 14.6. The Bertz CT molecular complexity index is 590. The highest BCUT2D eigenvalue weighted by molar-refractivity contribution is 7.09. The largest absolute Gasteiger partial charge is 0.464 e. The van der Waals surface area contributed by atoms with E-state index in [0.29, 0.717) is 5.82 Å². The second-order valence-corrected chi connectivity index (χ2v) is 5.64. The second-order valence-electron chi connectivity index (χ2n) is 4.61. The lowest BCUT2D eigenvalue weighted by atomic mass is 10.2. The van der Waals surface area contributed by atoms with Gasteiger partial charge in [-0.15, -0.1) is 11.3 Å². The van der Waals surface area contributed by atoms with Gasteiger partial charge in [0, 0.05) is 23.8 Å². The van der Waals surface area contributed by atoms with E-state index in [1.165, 1.54) is 12.0 Å². The number of esters is 1. The number of hydrogen-bond donors (Lipinski definition) is 1. The van der Waals surface area contributed by atoms with E-state index < -0.39 is 5.97 Å². The van der Waals surface area contributed by atoms with Crippen LogP contribution in [0.3, 0.4) is 0 Å². The van der Waals surface area contributed by atoms with Crippen LogP contribution in [0.1, 0.15) is 41.1 Å². The quantitative estimate of drug-likeness (QED) is 0.860. The van der Waals surface area contributed by atoms with E-state index in [-0.39, 0.29) is 11.7 Å². The molecular weight excluding hydrogens is 274 g/mol. The van der Waals surface area contributed by atoms with Crippen molar-refractivity contribution >= 4 is 23.1 Å². The number of methoxy groups -OCH3 is 1. The van der Waals surface area contributed by atoms with E-state index in [4.69, 9.17) is 10.5 Å². The number of nitrogens with zero attached hydrogens (tertiary/aromatic N) is 2. The molecule has 1 unspecified atom stereocenters. The monoisotopic (exact) mass is 293 g/mol. The van der Waals surface area contributed by atoms with Crippen LogP contribution in [0.5, 0.6) is 0 Å². The molecule has 0 spiro atoms. The van der Waals surface area contributed by atoms with Crippen LogP contribution in [0, 0.1) is 0 Å². The molecule has 0 fully saturated rings. The first-order chi connectivity index (χ1) is 9.58. The van der Waals surface area contributed by atoms with Gasteiger partial charge in [-0.05, 0) is 18.4 Å². The Morgan fingerprint density at radius 1 is 1.60 bits per heavy atom. The van der Waals surface area contributed by atoms with E-state index >= 15 is 0 Å². The van der Waals surface area contributed by atoms with E-state index in [1.807, 2.05) is 17.6 Å². The number of anilines is 1. The minimum Gasteiger partial charge on any atom is -0.464 e. The molecule has 0 aliphatic carbocycles. The fourth-order valence-electron chi connectivity index (χ4n) is 2.29. The maximum atomic E-state index is 11.7. The molecule has 0 saturated carbocycles. The van der Waals surface area contributed by atoms with Crippen molar-refractivity contribution in [1.82, 2.24) is 9.55 Å². The predicted octanol–water partition coefficient (Wildman–Crippen LogP) is 2.68. The summed E-state index contributed by atoms with van der Waals surface area (Å²) in [5.41, 5.74) is 6.30. The zero-order valence-corrected chi connectivity index (χ0v) is 12.7. The Labute approximate surface area is 122 Å². The van der Waals surface area contributed by atoms with Crippen molar-refractivity contribution < 1.29 is 9.53 Å². The minimum absolute atomic E-state index is 0.148. The summed E-state index contributed by atoms with van der Waals surface area (Å²) in [6.45, 7) is 4.08. The van der Waals surface area contributed by atoms with Crippen molar-refractivity contribution in [3.05, 3.63) is 33.9 Å². The summed E-state index contributed by atoms with van der Waals surface area (Å²) < 4.78 is 6.66. The zero-order valence-electron chi connectivity index (χ0n) is 11.9. The lowest BCUT2D eigenvalue weighted by molar-refractivity contribution is 0.0595. The van der Waals surface area contributed by atoms with Gasteiger partial charge in [-0.25, -0.2) is 9.78 Å². The van der Waals surface area contributed by atoms with Crippen molar-refractivity contribution in [1.29, 1.82) is 0 Å². The van der Waals surface area contributed by atoms with Crippen LogP contribution in [-0.2, 0) is 17.6 Å². The van der Waals surface area contributed by atoms with Crippen LogP contribution in [0.4, 0.5) is 5.82 Å². The van der Waals surface area contributed by atoms with E-state index in [0.717, 1.165) is 18.7 Å². The third-order valence-electron chi connectivity index (χ3n) is 3.23. The second kappa shape index (κ2) is 6.09. The molecular formula is C14H19N3O2S. The van der Waals surface area contributed by atoms with Crippen molar-refractivity contribution in [2.45, 2.75) is 32.7 Å². The normalized spacial score (nSPS) is 12.3. The third kappa shape index (κ3) is 2.70. The number of carbonyl (C=O) groups is 1. The van der Waals surface area contributed by atoms with Crippen LogP contribution >= 0.6 is 11.3 Å². The number of imidazole rings is 1. The molecule has 0 amide bonds. The summed E-state index contributed by atoms with van der Waals surface area (Å²) >= 11 is 1.72. The molecule has 0 saturated heterocycles. The molecule has 2 aromatic rings.